The SMILES string of the molecule is CC(C)(C)C(=O)CN1C(=O)N[C@](C)(c2ccccc2)C1=O. The van der Waals surface area contributed by atoms with Crippen molar-refractivity contribution in [2.24, 2.45) is 5.41 Å². The fourth-order valence-corrected chi connectivity index (χ4v) is 2.19. The van der Waals surface area contributed by atoms with Gasteiger partial charge >= 0.3 is 6.03 Å². The zero-order valence-corrected chi connectivity index (χ0v) is 12.8. The van der Waals surface area contributed by atoms with Crippen LogP contribution in [0.4, 0.5) is 4.79 Å². The summed E-state index contributed by atoms with van der Waals surface area (Å²) in [5.74, 6) is -0.542. The van der Waals surface area contributed by atoms with Gasteiger partial charge in [0.1, 0.15) is 5.54 Å². The van der Waals surface area contributed by atoms with Gasteiger partial charge in [0.15, 0.2) is 5.78 Å². The number of ketones is 1. The Kier molecular flexibility index (Phi) is 3.61. The topological polar surface area (TPSA) is 66.5 Å². The molecular weight excluding hydrogens is 268 g/mol. The van der Waals surface area contributed by atoms with E-state index in [4.69, 9.17) is 0 Å². The van der Waals surface area contributed by atoms with Gasteiger partial charge in [-0.25, -0.2) is 4.79 Å². The smallest absolute Gasteiger partial charge is 0.319 e. The van der Waals surface area contributed by atoms with Crippen molar-refractivity contribution >= 4 is 17.7 Å². The molecule has 0 unspecified atom stereocenters. The highest BCUT2D eigenvalue weighted by atomic mass is 16.2. The van der Waals surface area contributed by atoms with E-state index in [9.17, 15) is 14.4 Å². The van der Waals surface area contributed by atoms with Crippen molar-refractivity contribution in [2.75, 3.05) is 6.54 Å². The third-order valence-electron chi connectivity index (χ3n) is 3.76. The number of imide groups is 1. The molecule has 1 heterocycles. The summed E-state index contributed by atoms with van der Waals surface area (Å²) in [6.45, 7) is 6.76. The van der Waals surface area contributed by atoms with E-state index in [1.54, 1.807) is 39.8 Å². The molecule has 0 aromatic heterocycles. The molecule has 2 rings (SSSR count). The Bertz CT molecular complexity index is 589. The number of carbonyl (C=O) groups is 3. The first-order chi connectivity index (χ1) is 9.66. The molecule has 1 aliphatic heterocycles. The van der Waals surface area contributed by atoms with Gasteiger partial charge in [0, 0.05) is 5.41 Å². The Hall–Kier alpha value is -2.17. The van der Waals surface area contributed by atoms with Crippen molar-refractivity contribution in [1.29, 1.82) is 0 Å². The molecule has 1 saturated heterocycles. The average Bonchev–Trinajstić information content (AvgIpc) is 2.63. The van der Waals surface area contributed by atoms with Crippen LogP contribution in [-0.4, -0.2) is 29.2 Å². The highest BCUT2D eigenvalue weighted by Gasteiger charge is 2.49. The molecule has 3 amide bonds. The van der Waals surface area contributed by atoms with Crippen LogP contribution in [0.2, 0.25) is 0 Å². The van der Waals surface area contributed by atoms with E-state index < -0.39 is 22.9 Å². The van der Waals surface area contributed by atoms with Crippen LogP contribution in [0.3, 0.4) is 0 Å². The molecule has 0 spiro atoms. The van der Waals surface area contributed by atoms with Gasteiger partial charge in [-0.05, 0) is 12.5 Å². The van der Waals surface area contributed by atoms with Crippen molar-refractivity contribution in [3.05, 3.63) is 35.9 Å². The van der Waals surface area contributed by atoms with Crippen LogP contribution in [0.5, 0.6) is 0 Å². The van der Waals surface area contributed by atoms with Gasteiger partial charge in [-0.3, -0.25) is 14.5 Å². The minimum atomic E-state index is -1.11. The molecule has 1 aromatic carbocycles. The maximum Gasteiger partial charge on any atom is 0.325 e. The number of hydrogen-bond donors (Lipinski definition) is 1. The normalized spacial score (nSPS) is 22.4. The van der Waals surface area contributed by atoms with Gasteiger partial charge in [0.2, 0.25) is 0 Å². The van der Waals surface area contributed by atoms with Crippen LogP contribution in [-0.2, 0) is 15.1 Å². The van der Waals surface area contributed by atoms with Gasteiger partial charge in [0.05, 0.1) is 6.54 Å². The summed E-state index contributed by atoms with van der Waals surface area (Å²) in [7, 11) is 0. The van der Waals surface area contributed by atoms with E-state index in [1.807, 2.05) is 18.2 Å². The second-order valence-electron chi connectivity index (χ2n) is 6.49. The van der Waals surface area contributed by atoms with E-state index in [0.29, 0.717) is 5.56 Å². The van der Waals surface area contributed by atoms with E-state index in [1.165, 1.54) is 0 Å². The number of urea groups is 1. The quantitative estimate of drug-likeness (QED) is 0.866. The molecule has 5 nitrogen and oxygen atoms in total. The van der Waals surface area contributed by atoms with Crippen molar-refractivity contribution in [2.45, 2.75) is 33.2 Å². The summed E-state index contributed by atoms with van der Waals surface area (Å²) in [4.78, 5) is 37.8. The molecule has 0 aliphatic carbocycles. The van der Waals surface area contributed by atoms with Crippen LogP contribution in [0.15, 0.2) is 30.3 Å². The van der Waals surface area contributed by atoms with Gasteiger partial charge < -0.3 is 5.32 Å². The third kappa shape index (κ3) is 2.68. The number of nitrogens with zero attached hydrogens (tertiary/aromatic N) is 1. The van der Waals surface area contributed by atoms with E-state index in [-0.39, 0.29) is 12.3 Å². The highest BCUT2D eigenvalue weighted by Crippen LogP contribution is 2.29. The summed E-state index contributed by atoms with van der Waals surface area (Å²) in [5.41, 5.74) is -1.00. The van der Waals surface area contributed by atoms with Gasteiger partial charge in [-0.15, -0.1) is 0 Å². The molecule has 1 atom stereocenters. The lowest BCUT2D eigenvalue weighted by Crippen LogP contribution is -2.42. The molecule has 1 aliphatic rings. The van der Waals surface area contributed by atoms with Gasteiger partial charge in [-0.2, -0.15) is 0 Å². The number of Topliss-reactive ketones (excluding diaryl/α,β-unsaturated/α-hetero) is 1. The minimum absolute atomic E-state index is 0.150. The monoisotopic (exact) mass is 288 g/mol. The zero-order valence-electron chi connectivity index (χ0n) is 12.8. The van der Waals surface area contributed by atoms with Crippen LogP contribution in [0, 0.1) is 5.41 Å². The lowest BCUT2D eigenvalue weighted by atomic mass is 9.89. The summed E-state index contributed by atoms with van der Waals surface area (Å²) in [6, 6.07) is 8.51. The Balaban J connectivity index is 2.27. The van der Waals surface area contributed by atoms with Crippen molar-refractivity contribution in [1.82, 2.24) is 10.2 Å². The van der Waals surface area contributed by atoms with Crippen LogP contribution in [0.1, 0.15) is 33.3 Å². The van der Waals surface area contributed by atoms with Gasteiger partial charge in [-0.1, -0.05) is 51.1 Å². The van der Waals surface area contributed by atoms with E-state index in [0.717, 1.165) is 4.90 Å². The first kappa shape index (κ1) is 15.2. The molecule has 21 heavy (non-hydrogen) atoms. The first-order valence-electron chi connectivity index (χ1n) is 6.89. The molecule has 0 bridgehead atoms. The number of carbonyl (C=O) groups excluding carboxylic acids is 3. The lowest BCUT2D eigenvalue weighted by molar-refractivity contribution is -0.136. The minimum Gasteiger partial charge on any atom is -0.319 e. The summed E-state index contributed by atoms with van der Waals surface area (Å²) < 4.78 is 0. The summed E-state index contributed by atoms with van der Waals surface area (Å²) in [6.07, 6.45) is 0. The Morgan fingerprint density at radius 3 is 2.29 bits per heavy atom. The molecule has 1 N–H and O–H groups in total. The predicted octanol–water partition coefficient (Wildman–Crippen LogP) is 2.07. The molecule has 0 saturated carbocycles. The molecule has 1 fully saturated rings. The number of rotatable bonds is 3. The molecule has 1 aromatic rings. The lowest BCUT2D eigenvalue weighted by Gasteiger charge is -2.23. The molecule has 0 radical (unpaired) electrons. The number of amides is 3. The van der Waals surface area contributed by atoms with Crippen molar-refractivity contribution < 1.29 is 14.4 Å². The van der Waals surface area contributed by atoms with Crippen molar-refractivity contribution in [3.8, 4) is 0 Å². The Labute approximate surface area is 124 Å². The molecule has 112 valence electrons. The number of benzene rings is 1. The van der Waals surface area contributed by atoms with Crippen molar-refractivity contribution in [3.63, 3.8) is 0 Å². The first-order valence-corrected chi connectivity index (χ1v) is 6.89. The summed E-state index contributed by atoms with van der Waals surface area (Å²) in [5, 5.41) is 2.69. The van der Waals surface area contributed by atoms with Crippen LogP contribution in [0.25, 0.3) is 0 Å². The standard InChI is InChI=1S/C16H20N2O3/c1-15(2,3)12(19)10-18-13(20)16(4,17-14(18)21)11-8-6-5-7-9-11/h5-9H,10H2,1-4H3,(H,17,21)/t16-/m1/s1. The van der Waals surface area contributed by atoms with Gasteiger partial charge in [0.25, 0.3) is 5.91 Å². The van der Waals surface area contributed by atoms with E-state index >= 15 is 0 Å². The molecular formula is C16H20N2O3. The largest absolute Gasteiger partial charge is 0.325 e. The average molecular weight is 288 g/mol. The Morgan fingerprint density at radius 1 is 1.19 bits per heavy atom. The fraction of sp³-hybridized carbons (Fsp3) is 0.438. The number of nitrogens with one attached hydrogen (secondary N) is 1. The van der Waals surface area contributed by atoms with Crippen LogP contribution >= 0.6 is 0 Å². The second-order valence-corrected chi connectivity index (χ2v) is 6.49. The predicted molar refractivity (Wildman–Crippen MR) is 78.5 cm³/mol. The maximum atomic E-state index is 12.6. The zero-order chi connectivity index (χ0) is 15.8. The highest BCUT2D eigenvalue weighted by molar-refractivity contribution is 6.09. The number of hydrogen-bond acceptors (Lipinski definition) is 3. The summed E-state index contributed by atoms with van der Waals surface area (Å²) >= 11 is 0. The second kappa shape index (κ2) is 4.98. The molecule has 5 heteroatoms. The Morgan fingerprint density at radius 2 is 1.76 bits per heavy atom. The van der Waals surface area contributed by atoms with E-state index in [2.05, 4.69) is 5.32 Å². The maximum absolute atomic E-state index is 12.6. The fourth-order valence-electron chi connectivity index (χ4n) is 2.19. The van der Waals surface area contributed by atoms with Crippen LogP contribution < -0.4 is 5.32 Å². The third-order valence-corrected chi connectivity index (χ3v) is 3.76.